The van der Waals surface area contributed by atoms with Crippen molar-refractivity contribution < 1.29 is 8.78 Å². The zero-order valence-electron chi connectivity index (χ0n) is 15.8. The fourth-order valence-electron chi connectivity index (χ4n) is 3.53. The quantitative estimate of drug-likeness (QED) is 0.294. The molecular weight excluding hydrogens is 386 g/mol. The van der Waals surface area contributed by atoms with Crippen LogP contribution in [0.1, 0.15) is 12.0 Å². The van der Waals surface area contributed by atoms with Gasteiger partial charge in [-0.3, -0.25) is 0 Å². The molecule has 0 fully saturated rings. The third kappa shape index (κ3) is 3.94. The molecule has 0 atom stereocenters. The van der Waals surface area contributed by atoms with Crippen molar-refractivity contribution in [2.24, 2.45) is 0 Å². The van der Waals surface area contributed by atoms with Gasteiger partial charge in [0.1, 0.15) is 11.6 Å². The summed E-state index contributed by atoms with van der Waals surface area (Å²) in [5, 5.41) is 1.97. The third-order valence-corrected chi connectivity index (χ3v) is 5.34. The Bertz CT molecular complexity index is 1190. The van der Waals surface area contributed by atoms with Crippen molar-refractivity contribution in [2.75, 3.05) is 0 Å². The van der Waals surface area contributed by atoms with Gasteiger partial charge in [0.2, 0.25) is 0 Å². The molecule has 0 saturated carbocycles. The molecule has 0 nitrogen and oxygen atoms in total. The molecule has 4 rings (SSSR count). The lowest BCUT2D eigenvalue weighted by Crippen LogP contribution is -1.91. The summed E-state index contributed by atoms with van der Waals surface area (Å²) in [5.41, 5.74) is 3.22. The average Bonchev–Trinajstić information content (AvgIpc) is 2.73. The van der Waals surface area contributed by atoms with E-state index in [0.717, 1.165) is 29.4 Å². The number of fused-ring (bicyclic) bond motifs is 1. The number of rotatable bonds is 5. The predicted octanol–water partition coefficient (Wildman–Crippen LogP) is 8.22. The van der Waals surface area contributed by atoms with E-state index in [-0.39, 0.29) is 5.82 Å². The SMILES string of the molecule is C=CCCc1ccc2c(F)c(-c3ccc(-c4ccc(Cl)cc4)c(F)c3)ccc2c1. The van der Waals surface area contributed by atoms with Crippen molar-refractivity contribution in [1.29, 1.82) is 0 Å². The van der Waals surface area contributed by atoms with Crippen molar-refractivity contribution in [3.63, 3.8) is 0 Å². The molecule has 4 aromatic carbocycles. The molecule has 0 bridgehead atoms. The van der Waals surface area contributed by atoms with Crippen LogP contribution >= 0.6 is 11.6 Å². The van der Waals surface area contributed by atoms with E-state index in [1.165, 1.54) is 6.07 Å². The lowest BCUT2D eigenvalue weighted by molar-refractivity contribution is 0.630. The molecule has 0 aliphatic heterocycles. The van der Waals surface area contributed by atoms with E-state index in [2.05, 4.69) is 6.58 Å². The van der Waals surface area contributed by atoms with Gasteiger partial charge in [0.15, 0.2) is 0 Å². The molecule has 0 heterocycles. The Morgan fingerprint density at radius 1 is 0.793 bits per heavy atom. The molecule has 144 valence electrons. The van der Waals surface area contributed by atoms with Crippen LogP contribution in [0.25, 0.3) is 33.0 Å². The van der Waals surface area contributed by atoms with E-state index in [9.17, 15) is 4.39 Å². The van der Waals surface area contributed by atoms with E-state index < -0.39 is 5.82 Å². The highest BCUT2D eigenvalue weighted by Crippen LogP contribution is 2.33. The number of benzene rings is 4. The fraction of sp³-hybridized carbons (Fsp3) is 0.0769. The van der Waals surface area contributed by atoms with Gasteiger partial charge in [-0.25, -0.2) is 8.78 Å². The average molecular weight is 405 g/mol. The van der Waals surface area contributed by atoms with Crippen molar-refractivity contribution >= 4 is 22.4 Å². The van der Waals surface area contributed by atoms with Crippen LogP contribution < -0.4 is 0 Å². The zero-order chi connectivity index (χ0) is 20.4. The van der Waals surface area contributed by atoms with E-state index in [0.29, 0.717) is 27.1 Å². The van der Waals surface area contributed by atoms with Gasteiger partial charge in [-0.15, -0.1) is 6.58 Å². The maximum atomic E-state index is 15.2. The number of hydrogen-bond acceptors (Lipinski definition) is 0. The molecule has 0 aliphatic rings. The van der Waals surface area contributed by atoms with Crippen LogP contribution in [0.3, 0.4) is 0 Å². The molecule has 29 heavy (non-hydrogen) atoms. The summed E-state index contributed by atoms with van der Waals surface area (Å²) < 4.78 is 30.0. The second kappa shape index (κ2) is 8.18. The summed E-state index contributed by atoms with van der Waals surface area (Å²) >= 11 is 5.90. The predicted molar refractivity (Wildman–Crippen MR) is 118 cm³/mol. The molecule has 4 aromatic rings. The fourth-order valence-corrected chi connectivity index (χ4v) is 3.66. The Balaban J connectivity index is 1.72. The van der Waals surface area contributed by atoms with Crippen LogP contribution in [0.5, 0.6) is 0 Å². The Morgan fingerprint density at radius 3 is 2.24 bits per heavy atom. The Labute approximate surface area is 174 Å². The standard InChI is InChI=1S/C26H19ClF2/c1-2-3-4-17-5-12-23-19(15-17)9-14-24(26(23)29)20-8-13-22(25(28)16-20)18-6-10-21(27)11-7-18/h2,5-16H,1,3-4H2. The van der Waals surface area contributed by atoms with Crippen LogP contribution in [0.2, 0.25) is 5.02 Å². The first-order valence-corrected chi connectivity index (χ1v) is 9.82. The monoisotopic (exact) mass is 404 g/mol. The number of allylic oxidation sites excluding steroid dienone is 1. The summed E-state index contributed by atoms with van der Waals surface area (Å²) in [7, 11) is 0. The summed E-state index contributed by atoms with van der Waals surface area (Å²) in [6.45, 7) is 3.74. The first-order chi connectivity index (χ1) is 14.1. The largest absolute Gasteiger partial charge is 0.206 e. The Morgan fingerprint density at radius 2 is 1.52 bits per heavy atom. The topological polar surface area (TPSA) is 0 Å². The number of halogens is 3. The van der Waals surface area contributed by atoms with Gasteiger partial charge >= 0.3 is 0 Å². The highest BCUT2D eigenvalue weighted by molar-refractivity contribution is 6.30. The third-order valence-electron chi connectivity index (χ3n) is 5.09. The molecule has 0 aliphatic carbocycles. The number of hydrogen-bond donors (Lipinski definition) is 0. The second-order valence-corrected chi connectivity index (χ2v) is 7.45. The van der Waals surface area contributed by atoms with Crippen LogP contribution in [-0.4, -0.2) is 0 Å². The van der Waals surface area contributed by atoms with Gasteiger partial charge in [0.05, 0.1) is 0 Å². The van der Waals surface area contributed by atoms with Gasteiger partial charge in [-0.1, -0.05) is 72.3 Å². The van der Waals surface area contributed by atoms with E-state index in [1.54, 1.807) is 48.5 Å². The minimum atomic E-state index is -0.399. The van der Waals surface area contributed by atoms with Crippen LogP contribution in [-0.2, 0) is 6.42 Å². The van der Waals surface area contributed by atoms with Crippen molar-refractivity contribution in [3.05, 3.63) is 108 Å². The van der Waals surface area contributed by atoms with Crippen LogP contribution in [0, 0.1) is 11.6 Å². The lowest BCUT2D eigenvalue weighted by atomic mass is 9.96. The van der Waals surface area contributed by atoms with Gasteiger partial charge in [-0.2, -0.15) is 0 Å². The Hall–Kier alpha value is -2.97. The highest BCUT2D eigenvalue weighted by atomic mass is 35.5. The molecule has 0 radical (unpaired) electrons. The minimum absolute atomic E-state index is 0.337. The summed E-state index contributed by atoms with van der Waals surface area (Å²) in [6.07, 6.45) is 3.63. The van der Waals surface area contributed by atoms with Gasteiger partial charge in [-0.05, 0) is 53.1 Å². The minimum Gasteiger partial charge on any atom is -0.206 e. The van der Waals surface area contributed by atoms with Gasteiger partial charge in [0.25, 0.3) is 0 Å². The van der Waals surface area contributed by atoms with Crippen molar-refractivity contribution in [2.45, 2.75) is 12.8 Å². The van der Waals surface area contributed by atoms with E-state index in [1.807, 2.05) is 24.3 Å². The van der Waals surface area contributed by atoms with Gasteiger partial charge < -0.3 is 0 Å². The second-order valence-electron chi connectivity index (χ2n) is 7.01. The molecule has 0 unspecified atom stereocenters. The molecule has 0 N–H and O–H groups in total. The smallest absolute Gasteiger partial charge is 0.138 e. The summed E-state index contributed by atoms with van der Waals surface area (Å²) in [5.74, 6) is -0.736. The maximum Gasteiger partial charge on any atom is 0.138 e. The van der Waals surface area contributed by atoms with E-state index >= 15 is 4.39 Å². The van der Waals surface area contributed by atoms with Gasteiger partial charge in [0, 0.05) is 21.5 Å². The van der Waals surface area contributed by atoms with Crippen molar-refractivity contribution in [1.82, 2.24) is 0 Å². The number of aryl methyl sites for hydroxylation is 1. The van der Waals surface area contributed by atoms with Crippen molar-refractivity contribution in [3.8, 4) is 22.3 Å². The molecule has 0 saturated heterocycles. The van der Waals surface area contributed by atoms with Crippen LogP contribution in [0.15, 0.2) is 85.5 Å². The molecule has 3 heteroatoms. The molecule has 0 spiro atoms. The first-order valence-electron chi connectivity index (χ1n) is 9.45. The normalized spacial score (nSPS) is 11.0. The lowest BCUT2D eigenvalue weighted by Gasteiger charge is -2.10. The molecule has 0 amide bonds. The van der Waals surface area contributed by atoms with Crippen LogP contribution in [0.4, 0.5) is 8.78 Å². The van der Waals surface area contributed by atoms with E-state index in [4.69, 9.17) is 11.6 Å². The summed E-state index contributed by atoms with van der Waals surface area (Å²) in [6, 6.07) is 21.1. The maximum absolute atomic E-state index is 15.2. The molecular formula is C26H19ClF2. The highest BCUT2D eigenvalue weighted by Gasteiger charge is 2.13. The zero-order valence-corrected chi connectivity index (χ0v) is 16.5. The molecule has 0 aromatic heterocycles. The Kier molecular flexibility index (Phi) is 5.46. The first kappa shape index (κ1) is 19.4. The summed E-state index contributed by atoms with van der Waals surface area (Å²) in [4.78, 5) is 0.